The fraction of sp³-hybridized carbons (Fsp3) is 0.524. The Labute approximate surface area is 202 Å². The third-order valence-electron chi connectivity index (χ3n) is 5.18. The molecular formula is C21H27ClN4O5S2. The number of carbonyl (C=O) groups is 2. The van der Waals surface area contributed by atoms with Crippen LogP contribution in [0.5, 0.6) is 0 Å². The van der Waals surface area contributed by atoms with Gasteiger partial charge in [-0.05, 0) is 44.6 Å². The van der Waals surface area contributed by atoms with Gasteiger partial charge in [-0.1, -0.05) is 18.5 Å². The Kier molecular flexibility index (Phi) is 8.80. The van der Waals surface area contributed by atoms with Crippen LogP contribution in [0.1, 0.15) is 64.4 Å². The number of anilines is 1. The number of carbonyl (C=O) groups excluding carboxylic acids is 2. The van der Waals surface area contributed by atoms with Crippen LogP contribution in [0.15, 0.2) is 11.4 Å². The number of aromatic nitrogens is 2. The molecule has 0 radical (unpaired) electrons. The first-order valence-electron chi connectivity index (χ1n) is 10.9. The van der Waals surface area contributed by atoms with Gasteiger partial charge in [0.25, 0.3) is 11.8 Å². The molecule has 0 saturated heterocycles. The Morgan fingerprint density at radius 3 is 2.70 bits per heavy atom. The van der Waals surface area contributed by atoms with Crippen molar-refractivity contribution in [3.63, 3.8) is 0 Å². The Hall–Kier alpha value is -2.08. The molecule has 0 aliphatic heterocycles. The van der Waals surface area contributed by atoms with E-state index in [1.165, 1.54) is 18.3 Å². The van der Waals surface area contributed by atoms with Gasteiger partial charge in [0, 0.05) is 24.6 Å². The van der Waals surface area contributed by atoms with Crippen LogP contribution in [0, 0.1) is 0 Å². The first kappa shape index (κ1) is 25.5. The number of hydrogen-bond donors (Lipinski definition) is 2. The maximum atomic E-state index is 13.0. The van der Waals surface area contributed by atoms with Gasteiger partial charge in [-0.25, -0.2) is 18.4 Å². The van der Waals surface area contributed by atoms with Crippen LogP contribution in [0.4, 0.5) is 5.00 Å². The summed E-state index contributed by atoms with van der Waals surface area (Å²) >= 11 is 7.45. The number of nitrogens with zero attached hydrogens (tertiary/aromatic N) is 2. The summed E-state index contributed by atoms with van der Waals surface area (Å²) in [6.45, 7) is 5.00. The van der Waals surface area contributed by atoms with Crippen molar-refractivity contribution in [3.05, 3.63) is 32.9 Å². The average Bonchev–Trinajstić information content (AvgIpc) is 3.16. The second kappa shape index (κ2) is 11.4. The van der Waals surface area contributed by atoms with Crippen LogP contribution in [0.2, 0.25) is 5.02 Å². The first-order valence-corrected chi connectivity index (χ1v) is 13.7. The number of sulfone groups is 1. The molecule has 180 valence electrons. The zero-order valence-electron chi connectivity index (χ0n) is 18.6. The molecule has 1 aliphatic rings. The molecule has 2 aromatic rings. The van der Waals surface area contributed by atoms with Crippen molar-refractivity contribution in [3.8, 4) is 0 Å². The summed E-state index contributed by atoms with van der Waals surface area (Å²) in [6, 6.07) is 0. The van der Waals surface area contributed by atoms with E-state index in [4.69, 9.17) is 16.3 Å². The molecule has 9 nitrogen and oxygen atoms in total. The molecule has 12 heteroatoms. The fourth-order valence-electron chi connectivity index (χ4n) is 3.45. The Balaban J connectivity index is 1.86. The molecule has 0 saturated carbocycles. The number of ether oxygens (including phenoxy) is 1. The van der Waals surface area contributed by atoms with Gasteiger partial charge in [-0.15, -0.1) is 11.3 Å². The third-order valence-corrected chi connectivity index (χ3v) is 8.17. The lowest BCUT2D eigenvalue weighted by Gasteiger charge is -2.13. The van der Waals surface area contributed by atoms with Gasteiger partial charge in [0.05, 0.1) is 22.5 Å². The van der Waals surface area contributed by atoms with Crippen molar-refractivity contribution in [1.29, 1.82) is 0 Å². The highest BCUT2D eigenvalue weighted by Gasteiger charge is 2.28. The van der Waals surface area contributed by atoms with Crippen molar-refractivity contribution in [1.82, 2.24) is 15.3 Å². The standard InChI is InChI=1S/C21H27ClN4O5S2/c1-3-31-11-7-10-23-18(27)16-13-8-5-6-9-15(13)32-20(16)26-19(28)17-14(22)12-24-21(25-17)33(29,30)4-2/h12H,3-11H2,1-2H3,(H,23,27)(H,26,28). The lowest BCUT2D eigenvalue weighted by molar-refractivity contribution is 0.0944. The summed E-state index contributed by atoms with van der Waals surface area (Å²) in [5.41, 5.74) is 1.14. The van der Waals surface area contributed by atoms with Gasteiger partial charge < -0.3 is 15.4 Å². The maximum Gasteiger partial charge on any atom is 0.276 e. The first-order chi connectivity index (χ1) is 15.8. The smallest absolute Gasteiger partial charge is 0.276 e. The fourth-order valence-corrected chi connectivity index (χ4v) is 5.62. The van der Waals surface area contributed by atoms with E-state index in [0.29, 0.717) is 36.7 Å². The second-order valence-electron chi connectivity index (χ2n) is 7.43. The van der Waals surface area contributed by atoms with Crippen molar-refractivity contribution in [2.75, 3.05) is 30.8 Å². The molecule has 0 bridgehead atoms. The molecule has 2 aromatic heterocycles. The average molecular weight is 515 g/mol. The van der Waals surface area contributed by atoms with Gasteiger partial charge >= 0.3 is 0 Å². The molecule has 0 unspecified atom stereocenters. The van der Waals surface area contributed by atoms with Crippen LogP contribution in [0.3, 0.4) is 0 Å². The van der Waals surface area contributed by atoms with Crippen molar-refractivity contribution in [2.24, 2.45) is 0 Å². The minimum Gasteiger partial charge on any atom is -0.382 e. The monoisotopic (exact) mass is 514 g/mol. The minimum atomic E-state index is -3.72. The van der Waals surface area contributed by atoms with Crippen LogP contribution >= 0.6 is 22.9 Å². The van der Waals surface area contributed by atoms with Crippen LogP contribution in [-0.2, 0) is 27.4 Å². The number of amides is 2. The molecule has 0 atom stereocenters. The largest absolute Gasteiger partial charge is 0.382 e. The lowest BCUT2D eigenvalue weighted by atomic mass is 9.95. The van der Waals surface area contributed by atoms with E-state index in [0.717, 1.165) is 42.3 Å². The Bertz CT molecular complexity index is 1130. The molecule has 33 heavy (non-hydrogen) atoms. The van der Waals surface area contributed by atoms with E-state index in [1.807, 2.05) is 6.92 Å². The predicted molar refractivity (Wildman–Crippen MR) is 127 cm³/mol. The van der Waals surface area contributed by atoms with Crippen molar-refractivity contribution < 1.29 is 22.7 Å². The number of thiophene rings is 1. The van der Waals surface area contributed by atoms with E-state index >= 15 is 0 Å². The molecule has 0 spiro atoms. The zero-order chi connectivity index (χ0) is 24.0. The lowest BCUT2D eigenvalue weighted by Crippen LogP contribution is -2.27. The number of nitrogens with one attached hydrogen (secondary N) is 2. The SMILES string of the molecule is CCOCCCNC(=O)c1c(NC(=O)c2nc(S(=O)(=O)CC)ncc2Cl)sc2c1CCCC2. The van der Waals surface area contributed by atoms with Gasteiger partial charge in [0.1, 0.15) is 5.00 Å². The molecular weight excluding hydrogens is 488 g/mol. The van der Waals surface area contributed by atoms with E-state index in [-0.39, 0.29) is 22.4 Å². The summed E-state index contributed by atoms with van der Waals surface area (Å²) in [6.07, 6.45) is 5.37. The summed E-state index contributed by atoms with van der Waals surface area (Å²) < 4.78 is 29.6. The normalized spacial score (nSPS) is 13.4. The van der Waals surface area contributed by atoms with E-state index in [1.54, 1.807) is 0 Å². The van der Waals surface area contributed by atoms with Gasteiger partial charge in [0.2, 0.25) is 15.0 Å². The molecule has 3 rings (SSSR count). The van der Waals surface area contributed by atoms with Crippen molar-refractivity contribution in [2.45, 2.75) is 51.1 Å². The highest BCUT2D eigenvalue weighted by Crippen LogP contribution is 2.38. The molecule has 2 N–H and O–H groups in total. The Morgan fingerprint density at radius 1 is 1.21 bits per heavy atom. The van der Waals surface area contributed by atoms with Gasteiger partial charge in [0.15, 0.2) is 5.69 Å². The topological polar surface area (TPSA) is 127 Å². The predicted octanol–water partition coefficient (Wildman–Crippen LogP) is 3.27. The summed E-state index contributed by atoms with van der Waals surface area (Å²) in [7, 11) is -3.72. The van der Waals surface area contributed by atoms with Crippen LogP contribution in [0.25, 0.3) is 0 Å². The number of hydrogen-bond acceptors (Lipinski definition) is 8. The molecule has 2 heterocycles. The minimum absolute atomic E-state index is 0.0780. The summed E-state index contributed by atoms with van der Waals surface area (Å²) in [4.78, 5) is 34.7. The zero-order valence-corrected chi connectivity index (χ0v) is 21.0. The second-order valence-corrected chi connectivity index (χ2v) is 11.1. The number of fused-ring (bicyclic) bond motifs is 1. The number of rotatable bonds is 10. The van der Waals surface area contributed by atoms with E-state index < -0.39 is 20.9 Å². The maximum absolute atomic E-state index is 13.0. The van der Waals surface area contributed by atoms with Crippen molar-refractivity contribution >= 4 is 49.6 Å². The number of aryl methyl sites for hydroxylation is 1. The van der Waals surface area contributed by atoms with E-state index in [2.05, 4.69) is 20.6 Å². The van der Waals surface area contributed by atoms with Gasteiger partial charge in [-0.3, -0.25) is 9.59 Å². The quantitative estimate of drug-likeness (QED) is 0.368. The van der Waals surface area contributed by atoms with Gasteiger partial charge in [-0.2, -0.15) is 0 Å². The highest BCUT2D eigenvalue weighted by molar-refractivity contribution is 7.91. The molecule has 0 fully saturated rings. The summed E-state index contributed by atoms with van der Waals surface area (Å²) in [5, 5.41) is 5.51. The van der Waals surface area contributed by atoms with E-state index in [9.17, 15) is 18.0 Å². The molecule has 2 amide bonds. The molecule has 1 aliphatic carbocycles. The van der Waals surface area contributed by atoms with Crippen LogP contribution in [-0.4, -0.2) is 55.7 Å². The number of halogens is 1. The molecule has 0 aromatic carbocycles. The Morgan fingerprint density at radius 2 is 1.97 bits per heavy atom. The third kappa shape index (κ3) is 6.08. The van der Waals surface area contributed by atoms with Crippen LogP contribution < -0.4 is 10.6 Å². The summed E-state index contributed by atoms with van der Waals surface area (Å²) in [5.74, 6) is -1.16. The highest BCUT2D eigenvalue weighted by atomic mass is 35.5.